The number of esters is 1. The van der Waals surface area contributed by atoms with Crippen LogP contribution in [-0.2, 0) is 16.1 Å². The highest BCUT2D eigenvalue weighted by molar-refractivity contribution is 5.96. The summed E-state index contributed by atoms with van der Waals surface area (Å²) in [6, 6.07) is 9.91. The van der Waals surface area contributed by atoms with E-state index in [0.717, 1.165) is 29.8 Å². The van der Waals surface area contributed by atoms with Gasteiger partial charge in [-0.15, -0.1) is 0 Å². The number of nitrogens with zero attached hydrogens (tertiary/aromatic N) is 3. The van der Waals surface area contributed by atoms with Crippen LogP contribution in [0.3, 0.4) is 0 Å². The average Bonchev–Trinajstić information content (AvgIpc) is 3.39. The Bertz CT molecular complexity index is 966. The monoisotopic (exact) mass is 409 g/mol. The van der Waals surface area contributed by atoms with Crippen LogP contribution in [0, 0.1) is 19.3 Å². The van der Waals surface area contributed by atoms with Crippen molar-refractivity contribution >= 4 is 11.9 Å². The summed E-state index contributed by atoms with van der Waals surface area (Å²) in [6.07, 6.45) is 3.25. The molecule has 0 spiro atoms. The molecule has 0 unspecified atom stereocenters. The van der Waals surface area contributed by atoms with Crippen molar-refractivity contribution in [1.82, 2.24) is 14.7 Å². The summed E-state index contributed by atoms with van der Waals surface area (Å²) in [5.41, 5.74) is 3.26. The number of carbonyl (C=O) groups excluding carboxylic acids is 2. The molecule has 0 aliphatic carbocycles. The van der Waals surface area contributed by atoms with Crippen molar-refractivity contribution in [3.63, 3.8) is 0 Å². The first-order valence-corrected chi connectivity index (χ1v) is 11.0. The van der Waals surface area contributed by atoms with Crippen LogP contribution in [0.15, 0.2) is 30.3 Å². The molecule has 6 nitrogen and oxygen atoms in total. The number of rotatable bonds is 6. The normalized spacial score (nSPS) is 25.0. The lowest BCUT2D eigenvalue weighted by Crippen LogP contribution is -2.45. The van der Waals surface area contributed by atoms with Crippen molar-refractivity contribution in [3.05, 3.63) is 52.8 Å². The zero-order valence-corrected chi connectivity index (χ0v) is 18.4. The summed E-state index contributed by atoms with van der Waals surface area (Å²) >= 11 is 0. The van der Waals surface area contributed by atoms with Gasteiger partial charge in [0.2, 0.25) is 0 Å². The molecule has 160 valence electrons. The van der Waals surface area contributed by atoms with Crippen molar-refractivity contribution < 1.29 is 14.3 Å². The molecule has 3 atom stereocenters. The summed E-state index contributed by atoms with van der Waals surface area (Å²) in [6.45, 7) is 8.91. The standard InChI is InChI=1S/C24H31N3O3/c1-5-24(23(29)30-6-2)14-20-10-11-21(24)27(20)22(28)19-9-7-8-18(13-19)15-26-17(4)12-16(3)25-26/h7-9,12-13,20-21H,5-6,10-11,14-15H2,1-4H3/t20-,21+,24+/m1/s1. The molecule has 1 amide bonds. The third kappa shape index (κ3) is 3.32. The summed E-state index contributed by atoms with van der Waals surface area (Å²) in [4.78, 5) is 28.3. The van der Waals surface area contributed by atoms with Gasteiger partial charge in [0.25, 0.3) is 5.91 Å². The number of aryl methyl sites for hydroxylation is 2. The number of fused-ring (bicyclic) bond motifs is 2. The average molecular weight is 410 g/mol. The van der Waals surface area contributed by atoms with E-state index in [1.807, 2.05) is 61.5 Å². The lowest BCUT2D eigenvalue weighted by Gasteiger charge is -2.34. The lowest BCUT2D eigenvalue weighted by atomic mass is 9.72. The van der Waals surface area contributed by atoms with Crippen LogP contribution in [0.1, 0.15) is 66.8 Å². The van der Waals surface area contributed by atoms with Gasteiger partial charge in [0, 0.05) is 23.3 Å². The Morgan fingerprint density at radius 2 is 2.00 bits per heavy atom. The molecule has 0 radical (unpaired) electrons. The van der Waals surface area contributed by atoms with Gasteiger partial charge in [-0.25, -0.2) is 0 Å². The maximum Gasteiger partial charge on any atom is 0.314 e. The first kappa shape index (κ1) is 20.6. The third-order valence-corrected chi connectivity index (χ3v) is 6.90. The molecule has 1 aromatic heterocycles. The maximum atomic E-state index is 13.5. The first-order chi connectivity index (χ1) is 14.4. The van der Waals surface area contributed by atoms with E-state index in [-0.39, 0.29) is 24.0 Å². The lowest BCUT2D eigenvalue weighted by molar-refractivity contribution is -0.157. The van der Waals surface area contributed by atoms with E-state index >= 15 is 0 Å². The van der Waals surface area contributed by atoms with E-state index < -0.39 is 5.41 Å². The Balaban J connectivity index is 1.58. The Morgan fingerprint density at radius 3 is 2.67 bits per heavy atom. The van der Waals surface area contributed by atoms with Crippen molar-refractivity contribution in [2.75, 3.05) is 6.61 Å². The highest BCUT2D eigenvalue weighted by Gasteiger charge is 2.61. The summed E-state index contributed by atoms with van der Waals surface area (Å²) in [5, 5.41) is 4.53. The fraction of sp³-hybridized carbons (Fsp3) is 0.542. The van der Waals surface area contributed by atoms with Gasteiger partial charge in [0.05, 0.1) is 24.3 Å². The van der Waals surface area contributed by atoms with Crippen LogP contribution in [0.5, 0.6) is 0 Å². The second-order valence-corrected chi connectivity index (χ2v) is 8.68. The molecule has 2 aromatic rings. The van der Waals surface area contributed by atoms with Gasteiger partial charge in [-0.05, 0) is 70.2 Å². The van der Waals surface area contributed by atoms with E-state index in [4.69, 9.17) is 4.74 Å². The van der Waals surface area contributed by atoms with Crippen LogP contribution in [-0.4, -0.2) is 45.2 Å². The van der Waals surface area contributed by atoms with Crippen LogP contribution < -0.4 is 0 Å². The van der Waals surface area contributed by atoms with Crippen LogP contribution >= 0.6 is 0 Å². The molecular weight excluding hydrogens is 378 g/mol. The molecule has 2 bridgehead atoms. The van der Waals surface area contributed by atoms with Gasteiger partial charge >= 0.3 is 5.97 Å². The minimum absolute atomic E-state index is 0.0253. The van der Waals surface area contributed by atoms with Gasteiger partial charge in [0.15, 0.2) is 0 Å². The second kappa shape index (κ2) is 7.89. The first-order valence-electron chi connectivity index (χ1n) is 11.0. The number of ether oxygens (including phenoxy) is 1. The van der Waals surface area contributed by atoms with Crippen LogP contribution in [0.2, 0.25) is 0 Å². The van der Waals surface area contributed by atoms with Crippen molar-refractivity contribution in [2.45, 2.75) is 72.0 Å². The molecule has 1 aromatic carbocycles. The van der Waals surface area contributed by atoms with Crippen molar-refractivity contribution in [2.24, 2.45) is 5.41 Å². The molecule has 4 rings (SSSR count). The SMILES string of the molecule is CCOC(=O)[C@@]1(CC)C[C@H]2CC[C@@H]1N2C(=O)c1cccc(Cn2nc(C)cc2C)c1. The Kier molecular flexibility index (Phi) is 5.43. The zero-order valence-electron chi connectivity index (χ0n) is 18.4. The van der Waals surface area contributed by atoms with Gasteiger partial charge in [-0.3, -0.25) is 14.3 Å². The molecule has 6 heteroatoms. The van der Waals surface area contributed by atoms with E-state index in [2.05, 4.69) is 11.2 Å². The van der Waals surface area contributed by atoms with Crippen molar-refractivity contribution in [1.29, 1.82) is 0 Å². The van der Waals surface area contributed by atoms with E-state index in [9.17, 15) is 9.59 Å². The quantitative estimate of drug-likeness (QED) is 0.679. The van der Waals surface area contributed by atoms with Gasteiger partial charge in [-0.2, -0.15) is 5.10 Å². The predicted molar refractivity (Wildman–Crippen MR) is 114 cm³/mol. The molecule has 2 fully saturated rings. The van der Waals surface area contributed by atoms with Crippen LogP contribution in [0.25, 0.3) is 0 Å². The number of hydrogen-bond donors (Lipinski definition) is 0. The fourth-order valence-electron chi connectivity index (χ4n) is 5.47. The zero-order chi connectivity index (χ0) is 21.5. The van der Waals surface area contributed by atoms with E-state index in [1.165, 1.54) is 0 Å². The maximum absolute atomic E-state index is 13.5. The highest BCUT2D eigenvalue weighted by atomic mass is 16.5. The smallest absolute Gasteiger partial charge is 0.314 e. The van der Waals surface area contributed by atoms with Gasteiger partial charge in [0.1, 0.15) is 0 Å². The molecular formula is C24H31N3O3. The fourth-order valence-corrected chi connectivity index (χ4v) is 5.47. The third-order valence-electron chi connectivity index (χ3n) is 6.90. The van der Waals surface area contributed by atoms with E-state index in [0.29, 0.717) is 31.6 Å². The molecule has 2 aliphatic rings. The predicted octanol–water partition coefficient (Wildman–Crippen LogP) is 3.88. The molecule has 3 heterocycles. The number of carbonyl (C=O) groups is 2. The minimum Gasteiger partial charge on any atom is -0.466 e. The number of benzene rings is 1. The summed E-state index contributed by atoms with van der Waals surface area (Å²) < 4.78 is 7.38. The molecule has 2 saturated heterocycles. The Morgan fingerprint density at radius 1 is 1.20 bits per heavy atom. The minimum atomic E-state index is -0.560. The number of amides is 1. The largest absolute Gasteiger partial charge is 0.466 e. The van der Waals surface area contributed by atoms with Gasteiger partial charge < -0.3 is 9.64 Å². The highest BCUT2D eigenvalue weighted by Crippen LogP contribution is 2.52. The molecule has 0 N–H and O–H groups in total. The summed E-state index contributed by atoms with van der Waals surface area (Å²) in [7, 11) is 0. The second-order valence-electron chi connectivity index (χ2n) is 8.68. The topological polar surface area (TPSA) is 64.4 Å². The summed E-state index contributed by atoms with van der Waals surface area (Å²) in [5.74, 6) is -0.117. The van der Waals surface area contributed by atoms with Crippen LogP contribution in [0.4, 0.5) is 0 Å². The van der Waals surface area contributed by atoms with Crippen molar-refractivity contribution in [3.8, 4) is 0 Å². The van der Waals surface area contributed by atoms with Gasteiger partial charge in [-0.1, -0.05) is 19.1 Å². The number of hydrogen-bond acceptors (Lipinski definition) is 4. The molecule has 2 aliphatic heterocycles. The molecule has 0 saturated carbocycles. The Labute approximate surface area is 178 Å². The number of aromatic nitrogens is 2. The Hall–Kier alpha value is -2.63. The molecule has 30 heavy (non-hydrogen) atoms. The van der Waals surface area contributed by atoms with E-state index in [1.54, 1.807) is 0 Å².